The molecule has 0 aromatic heterocycles. The van der Waals surface area contributed by atoms with Crippen LogP contribution in [0, 0.1) is 94.7 Å². The fraction of sp³-hybridized carbons (Fsp3) is 0.887. The van der Waals surface area contributed by atoms with Gasteiger partial charge >= 0.3 is 0 Å². The lowest BCUT2D eigenvalue weighted by Gasteiger charge is -2.40. The molecule has 0 radical (unpaired) electrons. The van der Waals surface area contributed by atoms with Crippen molar-refractivity contribution in [3.05, 3.63) is 35.5 Å². The number of carbonyl (C=O) groups excluding carboxylic acids is 1. The standard InChI is InChI=1S/C9H16.C8H12.C8H10.C7H10O.2C7H12.2C6H10.C4H6/c1-2-5-9-7-3-6-8(9)4-1;2*1-2-4-8-6-5-7(8)3-1;8-7-3-5-1-6(2-5)4-7;1-2-6-4-7(3-1)5-6;1-2-4-7-5-6(7)3-1;2*1-2-5-4-6(5)3-1;1-3-2-4(1)3/h8-9H,1-7H2;1,3,7-8H,2,4-6H2;1,3H,2,4-6H2;5-6H,1-4H2;2*6-7H,1-5H2;2*5-6H,1-4H2;3-4H,1-2H2. The Balaban J connectivity index is 0.0000000846. The van der Waals surface area contributed by atoms with Gasteiger partial charge in [0.15, 0.2) is 0 Å². The maximum absolute atomic E-state index is 10.7. The molecule has 0 heterocycles. The molecule has 0 spiro atoms. The van der Waals surface area contributed by atoms with E-state index in [1.54, 1.807) is 133 Å². The fourth-order valence-corrected chi connectivity index (χ4v) is 15.6. The molecule has 0 aromatic rings. The summed E-state index contributed by atoms with van der Waals surface area (Å²) in [6.45, 7) is 0. The van der Waals surface area contributed by atoms with Gasteiger partial charge in [-0.3, -0.25) is 4.79 Å². The molecule has 0 saturated heterocycles. The number of fused-ring (bicyclic) bond motifs is 10. The largest absolute Gasteiger partial charge is 0.300 e. The highest BCUT2D eigenvalue weighted by Gasteiger charge is 2.52. The Morgan fingerprint density at radius 1 is 0.333 bits per heavy atom. The minimum Gasteiger partial charge on any atom is -0.300 e. The van der Waals surface area contributed by atoms with Gasteiger partial charge in [0.05, 0.1) is 0 Å². The Morgan fingerprint density at radius 3 is 1.05 bits per heavy atom. The van der Waals surface area contributed by atoms with Crippen LogP contribution in [0.3, 0.4) is 0 Å². The second kappa shape index (κ2) is 22.3. The van der Waals surface area contributed by atoms with Gasteiger partial charge in [0.25, 0.3) is 0 Å². The lowest BCUT2D eigenvalue weighted by molar-refractivity contribution is -0.127. The van der Waals surface area contributed by atoms with Crippen LogP contribution in [0.4, 0.5) is 0 Å². The molecule has 352 valence electrons. The zero-order valence-electron chi connectivity index (χ0n) is 41.0. The van der Waals surface area contributed by atoms with Gasteiger partial charge in [-0.1, -0.05) is 158 Å². The van der Waals surface area contributed by atoms with E-state index in [0.29, 0.717) is 5.78 Å². The molecule has 63 heavy (non-hydrogen) atoms. The molecule has 0 amide bonds. The third-order valence-corrected chi connectivity index (χ3v) is 21.2. The lowest BCUT2D eigenvalue weighted by atomic mass is 9.65. The van der Waals surface area contributed by atoms with Gasteiger partial charge in [0.2, 0.25) is 0 Å². The molecule has 0 N–H and O–H groups in total. The summed E-state index contributed by atoms with van der Waals surface area (Å²) in [5.41, 5.74) is 3.36. The molecule has 1 heteroatoms. The van der Waals surface area contributed by atoms with Crippen molar-refractivity contribution in [3.63, 3.8) is 0 Å². The van der Waals surface area contributed by atoms with E-state index in [1.165, 1.54) is 187 Å². The maximum atomic E-state index is 10.7. The van der Waals surface area contributed by atoms with E-state index >= 15 is 0 Å². The van der Waals surface area contributed by atoms with Crippen LogP contribution in [0.5, 0.6) is 0 Å². The summed E-state index contributed by atoms with van der Waals surface area (Å²) >= 11 is 0. The molecule has 1 nitrogen and oxygen atoms in total. The highest BCUT2D eigenvalue weighted by Crippen LogP contribution is 2.62. The highest BCUT2D eigenvalue weighted by atomic mass is 16.1. The van der Waals surface area contributed by atoms with E-state index in [9.17, 15) is 4.79 Å². The molecule has 10 atom stereocenters. The van der Waals surface area contributed by atoms with Crippen molar-refractivity contribution in [2.24, 2.45) is 94.7 Å². The van der Waals surface area contributed by atoms with Crippen molar-refractivity contribution in [2.45, 2.75) is 250 Å². The Hall–Kier alpha value is -1.11. The van der Waals surface area contributed by atoms with Crippen LogP contribution in [0.15, 0.2) is 35.5 Å². The van der Waals surface area contributed by atoms with Gasteiger partial charge in [0, 0.05) is 12.8 Å². The van der Waals surface area contributed by atoms with Crippen LogP contribution in [0.1, 0.15) is 250 Å². The van der Waals surface area contributed by atoms with Crippen molar-refractivity contribution in [1.29, 1.82) is 0 Å². The van der Waals surface area contributed by atoms with E-state index in [4.69, 9.17) is 0 Å². The van der Waals surface area contributed by atoms with Gasteiger partial charge in [0.1, 0.15) is 5.78 Å². The van der Waals surface area contributed by atoms with Crippen LogP contribution in [0.2, 0.25) is 0 Å². The SMILES string of the molecule is C1=CC2=C(CC1)CC2.C1=CC2CCC2CC1.C1C2CC12.C1CC2CC(C1)C2.C1CC2CC2C1.C1CC2CC2C1.C1CCC2CC2C1.C1CCC2CCCC2C1.O=C1CC2CC(C1)C2. The van der Waals surface area contributed by atoms with Crippen LogP contribution in [-0.4, -0.2) is 5.78 Å². The Morgan fingerprint density at radius 2 is 0.778 bits per heavy atom. The number of hydrogen-bond acceptors (Lipinski definition) is 1. The Kier molecular flexibility index (Phi) is 16.2. The zero-order valence-corrected chi connectivity index (χ0v) is 41.0. The van der Waals surface area contributed by atoms with E-state index in [1.807, 2.05) is 0 Å². The maximum Gasteiger partial charge on any atom is 0.133 e. The summed E-state index contributed by atoms with van der Waals surface area (Å²) < 4.78 is 0. The molecular weight excluding hydrogens is 761 g/mol. The van der Waals surface area contributed by atoms with Gasteiger partial charge in [-0.25, -0.2) is 0 Å². The zero-order chi connectivity index (χ0) is 42.4. The quantitative estimate of drug-likeness (QED) is 0.222. The average molecular weight is 859 g/mol. The van der Waals surface area contributed by atoms with Crippen molar-refractivity contribution in [3.8, 4) is 0 Å². The third kappa shape index (κ3) is 14.0. The van der Waals surface area contributed by atoms with Crippen molar-refractivity contribution in [1.82, 2.24) is 0 Å². The normalized spacial score (nSPS) is 45.0. The second-order valence-corrected chi connectivity index (χ2v) is 26.0. The van der Waals surface area contributed by atoms with Crippen LogP contribution < -0.4 is 0 Å². The summed E-state index contributed by atoms with van der Waals surface area (Å²) in [5, 5.41) is 0. The summed E-state index contributed by atoms with van der Waals surface area (Å²) in [7, 11) is 0. The van der Waals surface area contributed by atoms with Crippen LogP contribution in [0.25, 0.3) is 0 Å². The van der Waals surface area contributed by atoms with Gasteiger partial charge in [-0.05, 0) is 209 Å². The average Bonchev–Trinajstić information content (AvgIpc) is 4.12. The summed E-state index contributed by atoms with van der Waals surface area (Å²) in [4.78, 5) is 10.7. The summed E-state index contributed by atoms with van der Waals surface area (Å²) in [6, 6.07) is 0. The highest BCUT2D eigenvalue weighted by molar-refractivity contribution is 5.80. The van der Waals surface area contributed by atoms with E-state index in [2.05, 4.69) is 24.3 Å². The topological polar surface area (TPSA) is 17.1 Å². The molecule has 17 saturated carbocycles. The predicted molar refractivity (Wildman–Crippen MR) is 266 cm³/mol. The third-order valence-electron chi connectivity index (χ3n) is 21.2. The smallest absolute Gasteiger partial charge is 0.133 e. The summed E-state index contributed by atoms with van der Waals surface area (Å²) in [5.74, 6) is 18.7. The van der Waals surface area contributed by atoms with Crippen molar-refractivity contribution < 1.29 is 4.79 Å². The van der Waals surface area contributed by atoms with E-state index < -0.39 is 0 Å². The molecule has 20 aliphatic carbocycles. The van der Waals surface area contributed by atoms with Crippen molar-refractivity contribution in [2.75, 3.05) is 0 Å². The van der Waals surface area contributed by atoms with Crippen LogP contribution >= 0.6 is 0 Å². The molecule has 10 unspecified atom stereocenters. The molecule has 4 bridgehead atoms. The monoisotopic (exact) mass is 859 g/mol. The minimum absolute atomic E-state index is 0.512. The van der Waals surface area contributed by atoms with Gasteiger partial charge < -0.3 is 0 Å². The molecular formula is C62H98O. The minimum atomic E-state index is 0.512. The molecule has 20 aliphatic rings. The predicted octanol–water partition coefficient (Wildman–Crippen LogP) is 18.2. The fourth-order valence-electron chi connectivity index (χ4n) is 15.6. The molecule has 0 aliphatic heterocycles. The first kappa shape index (κ1) is 45.7. The van der Waals surface area contributed by atoms with Gasteiger partial charge in [-0.15, -0.1) is 0 Å². The van der Waals surface area contributed by atoms with Gasteiger partial charge in [-0.2, -0.15) is 0 Å². The van der Waals surface area contributed by atoms with E-state index in [0.717, 1.165) is 36.5 Å². The first-order chi connectivity index (χ1) is 31.1. The first-order valence-corrected chi connectivity index (χ1v) is 29.6. The van der Waals surface area contributed by atoms with Crippen LogP contribution in [-0.2, 0) is 4.79 Å². The number of rotatable bonds is 0. The second-order valence-electron chi connectivity index (χ2n) is 26.0. The first-order valence-electron chi connectivity index (χ1n) is 29.6. The number of ketones is 1. The Bertz CT molecular complexity index is 1430. The molecule has 0 aromatic carbocycles. The lowest BCUT2D eigenvalue weighted by Crippen LogP contribution is -2.33. The van der Waals surface area contributed by atoms with Crippen molar-refractivity contribution >= 4 is 5.78 Å². The number of Topliss-reactive ketones (excluding diaryl/α,β-unsaturated/α-hetero) is 1. The number of allylic oxidation sites excluding steroid dienone is 6. The van der Waals surface area contributed by atoms with E-state index in [-0.39, 0.29) is 0 Å². The number of carbonyl (C=O) groups is 1. The molecule has 20 rings (SSSR count). The Labute approximate surface area is 389 Å². The molecule has 17 fully saturated rings. The summed E-state index contributed by atoms with van der Waals surface area (Å²) in [6.07, 6.45) is 67.1. The number of hydrogen-bond donors (Lipinski definition) is 0.